The maximum absolute atomic E-state index is 12.8. The summed E-state index contributed by atoms with van der Waals surface area (Å²) in [4.78, 5) is 42.2. The Morgan fingerprint density at radius 3 is 2.32 bits per heavy atom. The fourth-order valence-corrected chi connectivity index (χ4v) is 4.76. The number of rotatable bonds is 5. The maximum Gasteiger partial charge on any atom is 0.344 e. The van der Waals surface area contributed by atoms with E-state index < -0.39 is 0 Å². The van der Waals surface area contributed by atoms with Crippen LogP contribution in [0.2, 0.25) is 0 Å². The van der Waals surface area contributed by atoms with Gasteiger partial charge < -0.3 is 15.1 Å². The Bertz CT molecular complexity index is 1050. The number of piperidine rings is 1. The van der Waals surface area contributed by atoms with Crippen molar-refractivity contribution < 1.29 is 14.4 Å². The highest BCUT2D eigenvalue weighted by Gasteiger charge is 2.25. The van der Waals surface area contributed by atoms with Crippen LogP contribution in [0.1, 0.15) is 48.3 Å². The van der Waals surface area contributed by atoms with Crippen molar-refractivity contribution >= 4 is 23.4 Å². The van der Waals surface area contributed by atoms with Gasteiger partial charge >= 0.3 is 6.03 Å². The molecule has 2 fully saturated rings. The molecule has 0 radical (unpaired) electrons. The van der Waals surface area contributed by atoms with Crippen LogP contribution in [-0.4, -0.2) is 82.6 Å². The molecule has 182 valence electrons. The van der Waals surface area contributed by atoms with Crippen LogP contribution >= 0.6 is 0 Å². The van der Waals surface area contributed by atoms with E-state index in [1.807, 2.05) is 0 Å². The van der Waals surface area contributed by atoms with E-state index in [1.165, 1.54) is 28.4 Å². The summed E-state index contributed by atoms with van der Waals surface area (Å²) in [6.45, 7) is 10.6. The minimum atomic E-state index is -0.190. The number of piperazine rings is 1. The number of benzene rings is 1. The summed E-state index contributed by atoms with van der Waals surface area (Å²) in [6.07, 6.45) is 3.46. The molecule has 1 aromatic heterocycles. The minimum Gasteiger partial charge on any atom is -0.371 e. The first-order valence-electron chi connectivity index (χ1n) is 12.0. The first-order chi connectivity index (χ1) is 16.3. The van der Waals surface area contributed by atoms with Crippen LogP contribution < -0.4 is 10.2 Å². The molecule has 2 aliphatic rings. The number of nitrogens with zero attached hydrogens (tertiary/aromatic N) is 5. The van der Waals surface area contributed by atoms with Gasteiger partial charge in [-0.05, 0) is 43.0 Å². The van der Waals surface area contributed by atoms with Gasteiger partial charge in [0, 0.05) is 77.6 Å². The molecule has 2 aromatic rings. The number of aryl methyl sites for hydroxylation is 1. The van der Waals surface area contributed by atoms with Crippen molar-refractivity contribution in [3.05, 3.63) is 47.3 Å². The second-order valence-electron chi connectivity index (χ2n) is 9.34. The first-order valence-corrected chi connectivity index (χ1v) is 12.0. The van der Waals surface area contributed by atoms with Crippen LogP contribution in [0, 0.1) is 6.92 Å². The number of nitrogens with one attached hydrogen (secondary N) is 1. The third kappa shape index (κ3) is 5.64. The molecule has 34 heavy (non-hydrogen) atoms. The summed E-state index contributed by atoms with van der Waals surface area (Å²) in [5.74, 6) is -0.108. The highest BCUT2D eigenvalue weighted by molar-refractivity contribution is 5.92. The third-order valence-electron chi connectivity index (χ3n) is 6.67. The summed E-state index contributed by atoms with van der Waals surface area (Å²) in [7, 11) is 0. The molecule has 2 aliphatic heterocycles. The van der Waals surface area contributed by atoms with Gasteiger partial charge in [0.1, 0.15) is 5.69 Å². The zero-order chi connectivity index (χ0) is 24.2. The molecule has 0 bridgehead atoms. The van der Waals surface area contributed by atoms with Gasteiger partial charge in [0.2, 0.25) is 5.91 Å². The number of hydrogen-bond donors (Lipinski definition) is 1. The highest BCUT2D eigenvalue weighted by Crippen LogP contribution is 2.27. The minimum absolute atomic E-state index is 0.0409. The van der Waals surface area contributed by atoms with Gasteiger partial charge in [-0.2, -0.15) is 9.78 Å². The van der Waals surface area contributed by atoms with Crippen molar-refractivity contribution in [2.75, 3.05) is 44.2 Å². The summed E-state index contributed by atoms with van der Waals surface area (Å²) < 4.78 is 1.26. The fraction of sp³-hybridized carbons (Fsp3) is 0.520. The van der Waals surface area contributed by atoms with Crippen LogP contribution in [0.15, 0.2) is 30.5 Å². The van der Waals surface area contributed by atoms with Crippen molar-refractivity contribution in [2.24, 2.45) is 0 Å². The zero-order valence-electron chi connectivity index (χ0n) is 20.3. The smallest absolute Gasteiger partial charge is 0.344 e. The fourth-order valence-electron chi connectivity index (χ4n) is 4.76. The second kappa shape index (κ2) is 10.4. The molecule has 0 aliphatic carbocycles. The lowest BCUT2D eigenvalue weighted by atomic mass is 10.0. The Morgan fingerprint density at radius 1 is 1.00 bits per heavy atom. The van der Waals surface area contributed by atoms with Gasteiger partial charge in [-0.15, -0.1) is 0 Å². The van der Waals surface area contributed by atoms with Gasteiger partial charge in [-0.3, -0.25) is 14.5 Å². The lowest BCUT2D eigenvalue weighted by Gasteiger charge is -2.37. The first kappa shape index (κ1) is 23.9. The van der Waals surface area contributed by atoms with Crippen molar-refractivity contribution in [3.63, 3.8) is 0 Å². The number of aromatic nitrogens is 2. The summed E-state index contributed by atoms with van der Waals surface area (Å²) in [5, 5.41) is 7.15. The highest BCUT2D eigenvalue weighted by atomic mass is 16.2. The predicted octanol–water partition coefficient (Wildman–Crippen LogP) is 2.28. The SMILES string of the molecule is CC(=O)NC1CCN(c2cc(C)ccc2CN2CCN(C(=O)n3ccc(C(C)=O)n3)CC2)CC1. The normalized spacial score (nSPS) is 17.6. The molecule has 4 rings (SSSR count). The molecule has 9 heteroatoms. The topological polar surface area (TPSA) is 90.8 Å². The van der Waals surface area contributed by atoms with E-state index in [9.17, 15) is 14.4 Å². The molecule has 3 heterocycles. The van der Waals surface area contributed by atoms with E-state index in [-0.39, 0.29) is 23.8 Å². The number of ketones is 1. The van der Waals surface area contributed by atoms with E-state index >= 15 is 0 Å². The van der Waals surface area contributed by atoms with E-state index in [0.29, 0.717) is 18.8 Å². The monoisotopic (exact) mass is 466 g/mol. The molecule has 2 amide bonds. The number of amides is 2. The number of hydrogen-bond acceptors (Lipinski definition) is 6. The van der Waals surface area contributed by atoms with Crippen LogP contribution in [0.4, 0.5) is 10.5 Å². The van der Waals surface area contributed by atoms with Gasteiger partial charge in [0.25, 0.3) is 0 Å². The molecular weight excluding hydrogens is 432 g/mol. The van der Waals surface area contributed by atoms with Crippen LogP contribution in [0.5, 0.6) is 0 Å². The van der Waals surface area contributed by atoms with Crippen LogP contribution in [0.25, 0.3) is 0 Å². The standard InChI is InChI=1S/C25H34N6O3/c1-18-4-5-21(24(16-18)29-9-6-22(7-10-29)26-20(3)33)17-28-12-14-30(15-13-28)25(34)31-11-8-23(27-31)19(2)32/h4-5,8,11,16,22H,6-7,9-10,12-15,17H2,1-3H3,(H,26,33). The number of carbonyl (C=O) groups is 3. The largest absolute Gasteiger partial charge is 0.371 e. The molecule has 0 atom stereocenters. The van der Waals surface area contributed by atoms with Gasteiger partial charge in [-0.1, -0.05) is 12.1 Å². The molecule has 9 nitrogen and oxygen atoms in total. The number of carbonyl (C=O) groups excluding carboxylic acids is 3. The van der Waals surface area contributed by atoms with Crippen molar-refractivity contribution in [1.29, 1.82) is 0 Å². The predicted molar refractivity (Wildman–Crippen MR) is 130 cm³/mol. The molecule has 1 N–H and O–H groups in total. The Balaban J connectivity index is 1.35. The third-order valence-corrected chi connectivity index (χ3v) is 6.67. The quantitative estimate of drug-likeness (QED) is 0.680. The lowest BCUT2D eigenvalue weighted by molar-refractivity contribution is -0.119. The average Bonchev–Trinajstić information content (AvgIpc) is 3.31. The summed E-state index contributed by atoms with van der Waals surface area (Å²) in [5.41, 5.74) is 4.11. The Kier molecular flexibility index (Phi) is 7.31. The zero-order valence-corrected chi connectivity index (χ0v) is 20.3. The average molecular weight is 467 g/mol. The van der Waals surface area contributed by atoms with Crippen LogP contribution in [0.3, 0.4) is 0 Å². The van der Waals surface area contributed by atoms with E-state index in [0.717, 1.165) is 45.6 Å². The Labute approximate surface area is 200 Å². The maximum atomic E-state index is 12.8. The molecule has 0 saturated carbocycles. The van der Waals surface area contributed by atoms with E-state index in [2.05, 4.69) is 45.3 Å². The summed E-state index contributed by atoms with van der Waals surface area (Å²) in [6, 6.07) is 8.29. The van der Waals surface area contributed by atoms with E-state index in [1.54, 1.807) is 24.1 Å². The molecule has 0 spiro atoms. The second-order valence-corrected chi connectivity index (χ2v) is 9.34. The van der Waals surface area contributed by atoms with Crippen molar-refractivity contribution in [3.8, 4) is 0 Å². The Hall–Kier alpha value is -3.20. The molecule has 0 unspecified atom stereocenters. The van der Waals surface area contributed by atoms with Crippen molar-refractivity contribution in [2.45, 2.75) is 46.2 Å². The summed E-state index contributed by atoms with van der Waals surface area (Å²) >= 11 is 0. The van der Waals surface area contributed by atoms with E-state index in [4.69, 9.17) is 0 Å². The van der Waals surface area contributed by atoms with Gasteiger partial charge in [-0.25, -0.2) is 4.79 Å². The van der Waals surface area contributed by atoms with Gasteiger partial charge in [0.15, 0.2) is 5.78 Å². The molecular formula is C25H34N6O3. The number of Topliss-reactive ketones (excluding diaryl/α,β-unsaturated/α-hetero) is 1. The Morgan fingerprint density at radius 2 is 1.71 bits per heavy atom. The van der Waals surface area contributed by atoms with Gasteiger partial charge in [0.05, 0.1) is 0 Å². The van der Waals surface area contributed by atoms with Crippen LogP contribution in [-0.2, 0) is 11.3 Å². The number of anilines is 1. The molecule has 1 aromatic carbocycles. The van der Waals surface area contributed by atoms with Crippen molar-refractivity contribution in [1.82, 2.24) is 24.9 Å². The molecule has 2 saturated heterocycles. The lowest BCUT2D eigenvalue weighted by Crippen LogP contribution is -2.49.